The van der Waals surface area contributed by atoms with Crippen molar-refractivity contribution >= 4 is 11.7 Å². The average Bonchev–Trinajstić information content (AvgIpc) is 2.52. The fourth-order valence-corrected chi connectivity index (χ4v) is 1.83. The number of ether oxygens (including phenoxy) is 1. The maximum atomic E-state index is 11.8. The van der Waals surface area contributed by atoms with Crippen molar-refractivity contribution in [2.75, 3.05) is 19.8 Å². The number of carbonyl (C=O) groups excluding carboxylic acids is 2. The van der Waals surface area contributed by atoms with Crippen LogP contribution < -0.4 is 5.32 Å². The molecule has 1 aromatic carbocycles. The Bertz CT molecular complexity index is 417. The summed E-state index contributed by atoms with van der Waals surface area (Å²) in [6, 6.07) is 9.06. The minimum Gasteiger partial charge on any atom is -0.381 e. The summed E-state index contributed by atoms with van der Waals surface area (Å²) in [5, 5.41) is 2.81. The van der Waals surface area contributed by atoms with Gasteiger partial charge in [-0.1, -0.05) is 43.7 Å². The Balaban J connectivity index is 2.05. The van der Waals surface area contributed by atoms with Crippen molar-refractivity contribution in [3.63, 3.8) is 0 Å². The molecule has 0 aliphatic rings. The van der Waals surface area contributed by atoms with E-state index in [2.05, 4.69) is 12.2 Å². The van der Waals surface area contributed by atoms with Crippen LogP contribution in [0.3, 0.4) is 0 Å². The average molecular weight is 291 g/mol. The summed E-state index contributed by atoms with van der Waals surface area (Å²) in [7, 11) is 0. The van der Waals surface area contributed by atoms with Crippen molar-refractivity contribution < 1.29 is 14.3 Å². The molecule has 4 heteroatoms. The third-order valence-electron chi connectivity index (χ3n) is 3.10. The number of benzene rings is 1. The molecule has 0 aliphatic heterocycles. The molecular weight excluding hydrogens is 266 g/mol. The van der Waals surface area contributed by atoms with Crippen LogP contribution in [-0.4, -0.2) is 31.4 Å². The monoisotopic (exact) mass is 291 g/mol. The van der Waals surface area contributed by atoms with Gasteiger partial charge >= 0.3 is 0 Å². The molecule has 0 radical (unpaired) electrons. The maximum Gasteiger partial charge on any atom is 0.220 e. The molecule has 0 fully saturated rings. The summed E-state index contributed by atoms with van der Waals surface area (Å²) in [6.07, 6.45) is 3.51. The second-order valence-electron chi connectivity index (χ2n) is 4.96. The summed E-state index contributed by atoms with van der Waals surface area (Å²) < 4.78 is 5.41. The Kier molecular flexibility index (Phi) is 9.13. The summed E-state index contributed by atoms with van der Waals surface area (Å²) >= 11 is 0. The van der Waals surface area contributed by atoms with Gasteiger partial charge in [0.2, 0.25) is 5.91 Å². The normalized spacial score (nSPS) is 10.3. The number of amides is 1. The highest BCUT2D eigenvalue weighted by Crippen LogP contribution is 2.04. The molecule has 0 bridgehead atoms. The molecule has 0 aromatic heterocycles. The third kappa shape index (κ3) is 8.25. The van der Waals surface area contributed by atoms with Gasteiger partial charge in [-0.05, 0) is 12.8 Å². The van der Waals surface area contributed by atoms with Gasteiger partial charge in [-0.15, -0.1) is 0 Å². The van der Waals surface area contributed by atoms with Gasteiger partial charge < -0.3 is 10.1 Å². The molecule has 0 aliphatic carbocycles. The second-order valence-corrected chi connectivity index (χ2v) is 4.96. The summed E-state index contributed by atoms with van der Waals surface area (Å²) in [6.45, 7) is 4.18. The summed E-state index contributed by atoms with van der Waals surface area (Å²) in [4.78, 5) is 23.4. The van der Waals surface area contributed by atoms with E-state index in [0.717, 1.165) is 25.9 Å². The molecule has 0 spiro atoms. The Labute approximate surface area is 126 Å². The molecule has 1 N–H and O–H groups in total. The Hall–Kier alpha value is -1.68. The van der Waals surface area contributed by atoms with Gasteiger partial charge in [0.05, 0.1) is 0 Å². The molecule has 0 atom stereocenters. The summed E-state index contributed by atoms with van der Waals surface area (Å²) in [5.74, 6) is -0.0681. The predicted octanol–water partition coefficient (Wildman–Crippen LogP) is 2.97. The van der Waals surface area contributed by atoms with Crippen molar-refractivity contribution in [2.24, 2.45) is 0 Å². The highest BCUT2D eigenvalue weighted by molar-refractivity contribution is 5.97. The molecule has 4 nitrogen and oxygen atoms in total. The molecule has 1 rings (SSSR count). The first-order valence-corrected chi connectivity index (χ1v) is 7.66. The van der Waals surface area contributed by atoms with E-state index in [4.69, 9.17) is 4.74 Å². The molecule has 21 heavy (non-hydrogen) atoms. The van der Waals surface area contributed by atoms with E-state index in [1.54, 1.807) is 12.1 Å². The largest absolute Gasteiger partial charge is 0.381 e. The first-order chi connectivity index (χ1) is 10.2. The SMILES string of the molecule is CCCCOCCCNC(=O)CCC(=O)c1ccccc1. The van der Waals surface area contributed by atoms with Crippen molar-refractivity contribution in [3.05, 3.63) is 35.9 Å². The first-order valence-electron chi connectivity index (χ1n) is 7.66. The van der Waals surface area contributed by atoms with Crippen LogP contribution >= 0.6 is 0 Å². The minimum atomic E-state index is -0.0761. The van der Waals surface area contributed by atoms with Crippen molar-refractivity contribution in [3.8, 4) is 0 Å². The van der Waals surface area contributed by atoms with Gasteiger partial charge in [-0.2, -0.15) is 0 Å². The van der Waals surface area contributed by atoms with Crippen LogP contribution in [0.4, 0.5) is 0 Å². The molecule has 1 amide bonds. The fourth-order valence-electron chi connectivity index (χ4n) is 1.83. The third-order valence-corrected chi connectivity index (χ3v) is 3.10. The van der Waals surface area contributed by atoms with E-state index in [0.29, 0.717) is 18.7 Å². The van der Waals surface area contributed by atoms with Gasteiger partial charge in [-0.3, -0.25) is 9.59 Å². The smallest absolute Gasteiger partial charge is 0.220 e. The van der Waals surface area contributed by atoms with Gasteiger partial charge in [-0.25, -0.2) is 0 Å². The van der Waals surface area contributed by atoms with Crippen molar-refractivity contribution in [2.45, 2.75) is 39.0 Å². The number of unbranched alkanes of at least 4 members (excludes halogenated alkanes) is 1. The Morgan fingerprint density at radius 3 is 2.48 bits per heavy atom. The van der Waals surface area contributed by atoms with E-state index in [1.807, 2.05) is 18.2 Å². The molecule has 0 heterocycles. The lowest BCUT2D eigenvalue weighted by Crippen LogP contribution is -2.25. The Morgan fingerprint density at radius 1 is 1.05 bits per heavy atom. The van der Waals surface area contributed by atoms with E-state index >= 15 is 0 Å². The molecular formula is C17H25NO3. The van der Waals surface area contributed by atoms with E-state index < -0.39 is 0 Å². The topological polar surface area (TPSA) is 55.4 Å². The lowest BCUT2D eigenvalue weighted by molar-refractivity contribution is -0.121. The number of nitrogens with one attached hydrogen (secondary N) is 1. The Morgan fingerprint density at radius 2 is 1.76 bits per heavy atom. The number of hydrogen-bond acceptors (Lipinski definition) is 3. The highest BCUT2D eigenvalue weighted by atomic mass is 16.5. The second kappa shape index (κ2) is 11.0. The zero-order valence-electron chi connectivity index (χ0n) is 12.8. The van der Waals surface area contributed by atoms with Crippen molar-refractivity contribution in [1.82, 2.24) is 5.32 Å². The van der Waals surface area contributed by atoms with Crippen LogP contribution in [0.5, 0.6) is 0 Å². The molecule has 116 valence electrons. The number of hydrogen-bond donors (Lipinski definition) is 1. The van der Waals surface area contributed by atoms with Crippen molar-refractivity contribution in [1.29, 1.82) is 0 Å². The first kappa shape index (κ1) is 17.4. The number of carbonyl (C=O) groups is 2. The fraction of sp³-hybridized carbons (Fsp3) is 0.529. The maximum absolute atomic E-state index is 11.8. The lowest BCUT2D eigenvalue weighted by Gasteiger charge is -2.06. The van der Waals surface area contributed by atoms with E-state index in [1.165, 1.54) is 0 Å². The predicted molar refractivity (Wildman–Crippen MR) is 83.4 cm³/mol. The quantitative estimate of drug-likeness (QED) is 0.504. The molecule has 1 aromatic rings. The zero-order valence-corrected chi connectivity index (χ0v) is 12.8. The molecule has 0 saturated carbocycles. The van der Waals surface area contributed by atoms with Crippen LogP contribution in [-0.2, 0) is 9.53 Å². The van der Waals surface area contributed by atoms with E-state index in [-0.39, 0.29) is 24.5 Å². The molecule has 0 saturated heterocycles. The van der Waals surface area contributed by atoms with Gasteiger partial charge in [0, 0.05) is 38.2 Å². The van der Waals surface area contributed by atoms with Crippen LogP contribution in [0.1, 0.15) is 49.4 Å². The number of Topliss-reactive ketones (excluding diaryl/α,β-unsaturated/α-hetero) is 1. The lowest BCUT2D eigenvalue weighted by atomic mass is 10.1. The van der Waals surface area contributed by atoms with Gasteiger partial charge in [0.15, 0.2) is 5.78 Å². The molecule has 0 unspecified atom stereocenters. The summed E-state index contributed by atoms with van der Waals surface area (Å²) in [5.41, 5.74) is 0.662. The minimum absolute atomic E-state index is 0.00801. The van der Waals surface area contributed by atoms with Gasteiger partial charge in [0.1, 0.15) is 0 Å². The van der Waals surface area contributed by atoms with Gasteiger partial charge in [0.25, 0.3) is 0 Å². The number of rotatable bonds is 11. The highest BCUT2D eigenvalue weighted by Gasteiger charge is 2.08. The van der Waals surface area contributed by atoms with Crippen LogP contribution in [0, 0.1) is 0 Å². The number of ketones is 1. The van der Waals surface area contributed by atoms with Crippen LogP contribution in [0.15, 0.2) is 30.3 Å². The van der Waals surface area contributed by atoms with Crippen LogP contribution in [0.25, 0.3) is 0 Å². The van der Waals surface area contributed by atoms with Crippen LogP contribution in [0.2, 0.25) is 0 Å². The zero-order chi connectivity index (χ0) is 15.3. The standard InChI is InChI=1S/C17H25NO3/c1-2-3-13-21-14-7-12-18-17(20)11-10-16(19)15-8-5-4-6-9-15/h4-6,8-9H,2-3,7,10-14H2,1H3,(H,18,20). The van der Waals surface area contributed by atoms with E-state index in [9.17, 15) is 9.59 Å².